The minimum absolute atomic E-state index is 0.142. The standard InChI is InChI=1S/C18H24N4O3/c1-24-16-10-14-13(19-17(20-14)11-18(23)25-2)9-15(16)22-7-5-21(6-8-22)12-3-4-12/h9-10,12H,3-8,11H2,1-2H3,(H,19,20). The maximum atomic E-state index is 11.5. The van der Waals surface area contributed by atoms with Crippen molar-refractivity contribution in [3.63, 3.8) is 0 Å². The average Bonchev–Trinajstić information content (AvgIpc) is 3.41. The Morgan fingerprint density at radius 1 is 1.24 bits per heavy atom. The first-order chi connectivity index (χ1) is 12.2. The van der Waals surface area contributed by atoms with Crippen molar-refractivity contribution in [3.8, 4) is 5.75 Å². The molecule has 2 aliphatic rings. The molecule has 2 heterocycles. The summed E-state index contributed by atoms with van der Waals surface area (Å²) in [5.41, 5.74) is 2.80. The molecule has 1 aromatic heterocycles. The molecule has 1 aliphatic heterocycles. The Hall–Kier alpha value is -2.28. The molecule has 0 amide bonds. The monoisotopic (exact) mass is 344 g/mol. The molecule has 1 aliphatic carbocycles. The van der Waals surface area contributed by atoms with Crippen LogP contribution in [0.2, 0.25) is 0 Å². The highest BCUT2D eigenvalue weighted by molar-refractivity contribution is 5.84. The summed E-state index contributed by atoms with van der Waals surface area (Å²) in [4.78, 5) is 24.1. The number of esters is 1. The summed E-state index contributed by atoms with van der Waals surface area (Å²) in [6.45, 7) is 4.20. The highest BCUT2D eigenvalue weighted by atomic mass is 16.5. The van der Waals surface area contributed by atoms with Crippen LogP contribution in [0.4, 0.5) is 5.69 Å². The molecule has 134 valence electrons. The number of imidazole rings is 1. The van der Waals surface area contributed by atoms with Gasteiger partial charge in [0.15, 0.2) is 0 Å². The Morgan fingerprint density at radius 2 is 2.00 bits per heavy atom. The molecule has 1 N–H and O–H groups in total. The Bertz CT molecular complexity index is 776. The fraction of sp³-hybridized carbons (Fsp3) is 0.556. The summed E-state index contributed by atoms with van der Waals surface area (Å²) in [5, 5.41) is 0. The Morgan fingerprint density at radius 3 is 2.64 bits per heavy atom. The number of benzene rings is 1. The molecule has 0 bridgehead atoms. The lowest BCUT2D eigenvalue weighted by Crippen LogP contribution is -2.47. The third-order valence-electron chi connectivity index (χ3n) is 5.09. The fourth-order valence-corrected chi connectivity index (χ4v) is 3.55. The molecule has 0 unspecified atom stereocenters. The van der Waals surface area contributed by atoms with Gasteiger partial charge in [-0.25, -0.2) is 4.98 Å². The Balaban J connectivity index is 1.58. The van der Waals surface area contributed by atoms with E-state index in [0.29, 0.717) is 5.82 Å². The predicted molar refractivity (Wildman–Crippen MR) is 95.2 cm³/mol. The zero-order valence-electron chi connectivity index (χ0n) is 14.7. The topological polar surface area (TPSA) is 70.7 Å². The first-order valence-corrected chi connectivity index (χ1v) is 8.80. The molecule has 2 fully saturated rings. The summed E-state index contributed by atoms with van der Waals surface area (Å²) in [5.74, 6) is 1.13. The van der Waals surface area contributed by atoms with Gasteiger partial charge in [-0.05, 0) is 18.9 Å². The van der Waals surface area contributed by atoms with E-state index in [-0.39, 0.29) is 12.4 Å². The van der Waals surface area contributed by atoms with E-state index >= 15 is 0 Å². The van der Waals surface area contributed by atoms with Crippen molar-refractivity contribution in [3.05, 3.63) is 18.0 Å². The Labute approximate surface area is 146 Å². The van der Waals surface area contributed by atoms with E-state index in [2.05, 4.69) is 25.8 Å². The number of carbonyl (C=O) groups is 1. The van der Waals surface area contributed by atoms with Crippen LogP contribution in [0, 0.1) is 0 Å². The molecule has 2 aromatic rings. The number of aromatic amines is 1. The average molecular weight is 344 g/mol. The molecular formula is C18H24N4O3. The van der Waals surface area contributed by atoms with Crippen LogP contribution in [0.1, 0.15) is 18.7 Å². The highest BCUT2D eigenvalue weighted by Gasteiger charge is 2.31. The minimum atomic E-state index is -0.303. The van der Waals surface area contributed by atoms with Gasteiger partial charge >= 0.3 is 5.97 Å². The number of anilines is 1. The second-order valence-corrected chi connectivity index (χ2v) is 6.73. The van der Waals surface area contributed by atoms with Gasteiger partial charge in [-0.3, -0.25) is 9.69 Å². The number of aromatic nitrogens is 2. The maximum Gasteiger partial charge on any atom is 0.313 e. The molecule has 7 nitrogen and oxygen atoms in total. The second kappa shape index (κ2) is 6.55. The normalized spacial score (nSPS) is 18.6. The van der Waals surface area contributed by atoms with Crippen molar-refractivity contribution < 1.29 is 14.3 Å². The molecule has 7 heteroatoms. The number of H-pyrrole nitrogens is 1. The molecule has 25 heavy (non-hydrogen) atoms. The van der Waals surface area contributed by atoms with Crippen LogP contribution in [0.3, 0.4) is 0 Å². The number of ether oxygens (including phenoxy) is 2. The van der Waals surface area contributed by atoms with Crippen LogP contribution in [0.25, 0.3) is 11.0 Å². The van der Waals surface area contributed by atoms with Crippen LogP contribution >= 0.6 is 0 Å². The zero-order chi connectivity index (χ0) is 17.4. The number of hydrogen-bond acceptors (Lipinski definition) is 6. The first-order valence-electron chi connectivity index (χ1n) is 8.80. The quantitative estimate of drug-likeness (QED) is 0.831. The van der Waals surface area contributed by atoms with E-state index < -0.39 is 0 Å². The number of nitrogens with one attached hydrogen (secondary N) is 1. The first kappa shape index (κ1) is 16.2. The van der Waals surface area contributed by atoms with Gasteiger partial charge in [-0.2, -0.15) is 0 Å². The third kappa shape index (κ3) is 3.28. The van der Waals surface area contributed by atoms with Gasteiger partial charge in [0.05, 0.1) is 30.9 Å². The van der Waals surface area contributed by atoms with Gasteiger partial charge in [0.25, 0.3) is 0 Å². The van der Waals surface area contributed by atoms with Gasteiger partial charge in [0.1, 0.15) is 18.0 Å². The summed E-state index contributed by atoms with van der Waals surface area (Å²) >= 11 is 0. The number of methoxy groups -OCH3 is 2. The van der Waals surface area contributed by atoms with Crippen LogP contribution in [-0.2, 0) is 16.0 Å². The van der Waals surface area contributed by atoms with E-state index in [1.807, 2.05) is 6.07 Å². The highest BCUT2D eigenvalue weighted by Crippen LogP contribution is 2.34. The molecule has 0 atom stereocenters. The van der Waals surface area contributed by atoms with Gasteiger partial charge in [0.2, 0.25) is 0 Å². The summed E-state index contributed by atoms with van der Waals surface area (Å²) < 4.78 is 10.3. The largest absolute Gasteiger partial charge is 0.495 e. The van der Waals surface area contributed by atoms with Gasteiger partial charge < -0.3 is 19.4 Å². The number of nitrogens with zero attached hydrogens (tertiary/aromatic N) is 3. The summed E-state index contributed by atoms with van der Waals surface area (Å²) in [6, 6.07) is 4.84. The SMILES string of the molecule is COC(=O)Cc1nc2cc(OC)c(N3CCN(C4CC4)CC3)cc2[nH]1. The van der Waals surface area contributed by atoms with E-state index in [0.717, 1.165) is 54.7 Å². The number of fused-ring (bicyclic) bond motifs is 1. The second-order valence-electron chi connectivity index (χ2n) is 6.73. The lowest BCUT2D eigenvalue weighted by Gasteiger charge is -2.36. The van der Waals surface area contributed by atoms with Gasteiger partial charge in [-0.1, -0.05) is 0 Å². The Kier molecular flexibility index (Phi) is 4.25. The molecule has 1 saturated heterocycles. The van der Waals surface area contributed by atoms with Crippen LogP contribution in [0.15, 0.2) is 12.1 Å². The van der Waals surface area contributed by atoms with Gasteiger partial charge in [0, 0.05) is 38.3 Å². The maximum absolute atomic E-state index is 11.5. The van der Waals surface area contributed by atoms with Crippen LogP contribution < -0.4 is 9.64 Å². The van der Waals surface area contributed by atoms with E-state index in [1.165, 1.54) is 20.0 Å². The van der Waals surface area contributed by atoms with Crippen LogP contribution in [-0.4, -0.2) is 67.3 Å². The summed E-state index contributed by atoms with van der Waals surface area (Å²) in [6.07, 6.45) is 2.85. The van der Waals surface area contributed by atoms with E-state index in [9.17, 15) is 4.79 Å². The number of rotatable bonds is 5. The molecule has 1 aromatic carbocycles. The minimum Gasteiger partial charge on any atom is -0.495 e. The lowest BCUT2D eigenvalue weighted by atomic mass is 10.2. The van der Waals surface area contributed by atoms with Crippen LogP contribution in [0.5, 0.6) is 5.75 Å². The lowest BCUT2D eigenvalue weighted by molar-refractivity contribution is -0.139. The number of carbonyl (C=O) groups excluding carboxylic acids is 1. The van der Waals surface area contributed by atoms with E-state index in [4.69, 9.17) is 9.47 Å². The predicted octanol–water partition coefficient (Wildman–Crippen LogP) is 1.57. The molecular weight excluding hydrogens is 320 g/mol. The number of piperazine rings is 1. The molecule has 1 saturated carbocycles. The van der Waals surface area contributed by atoms with Crippen molar-refractivity contribution >= 4 is 22.7 Å². The molecule has 4 rings (SSSR count). The zero-order valence-corrected chi connectivity index (χ0v) is 14.7. The number of hydrogen-bond donors (Lipinski definition) is 1. The van der Waals surface area contributed by atoms with Crippen molar-refractivity contribution in [2.75, 3.05) is 45.3 Å². The van der Waals surface area contributed by atoms with Crippen molar-refractivity contribution in [2.24, 2.45) is 0 Å². The van der Waals surface area contributed by atoms with E-state index in [1.54, 1.807) is 7.11 Å². The van der Waals surface area contributed by atoms with Crippen molar-refractivity contribution in [1.82, 2.24) is 14.9 Å². The van der Waals surface area contributed by atoms with Crippen molar-refractivity contribution in [2.45, 2.75) is 25.3 Å². The third-order valence-corrected chi connectivity index (χ3v) is 5.09. The summed E-state index contributed by atoms with van der Waals surface area (Å²) in [7, 11) is 3.07. The van der Waals surface area contributed by atoms with Crippen molar-refractivity contribution in [1.29, 1.82) is 0 Å². The molecule has 0 spiro atoms. The smallest absolute Gasteiger partial charge is 0.313 e. The molecule has 0 radical (unpaired) electrons. The fourth-order valence-electron chi connectivity index (χ4n) is 3.55. The van der Waals surface area contributed by atoms with Gasteiger partial charge in [-0.15, -0.1) is 0 Å².